The van der Waals surface area contributed by atoms with Gasteiger partial charge in [-0.2, -0.15) is 0 Å². The van der Waals surface area contributed by atoms with Gasteiger partial charge in [0.2, 0.25) is 9.47 Å². The van der Waals surface area contributed by atoms with E-state index in [0.717, 1.165) is 16.9 Å². The first kappa shape index (κ1) is 22.7. The third kappa shape index (κ3) is 6.00. The van der Waals surface area contributed by atoms with Crippen LogP contribution in [-0.4, -0.2) is 44.3 Å². The number of para-hydroxylation sites is 2. The molecule has 0 bridgehead atoms. The van der Waals surface area contributed by atoms with Crippen molar-refractivity contribution in [2.45, 2.75) is 24.2 Å². The molecule has 0 radical (unpaired) electrons. The Labute approximate surface area is 184 Å². The maximum atomic E-state index is 12.6. The monoisotopic (exact) mass is 462 g/mol. The van der Waals surface area contributed by atoms with E-state index in [4.69, 9.17) is 9.47 Å². The quantitative estimate of drug-likeness (QED) is 0.469. The summed E-state index contributed by atoms with van der Waals surface area (Å²) in [5.41, 5.74) is 1.38. The van der Waals surface area contributed by atoms with Gasteiger partial charge in [-0.25, -0.2) is 13.1 Å². The van der Waals surface area contributed by atoms with Crippen LogP contribution in [0.2, 0.25) is 0 Å². The predicted octanol–water partition coefficient (Wildman–Crippen LogP) is 2.85. The first-order valence-electron chi connectivity index (χ1n) is 9.28. The van der Waals surface area contributed by atoms with Gasteiger partial charge in [-0.1, -0.05) is 41.2 Å². The highest BCUT2D eigenvalue weighted by Gasteiger charge is 2.23. The molecule has 0 aliphatic heterocycles. The van der Waals surface area contributed by atoms with Crippen molar-refractivity contribution in [1.29, 1.82) is 0 Å². The number of hydrogen-bond acceptors (Lipinski definition) is 8. The highest BCUT2D eigenvalue weighted by molar-refractivity contribution is 7.91. The molecule has 0 fully saturated rings. The SMILES string of the molecule is COc1ccccc1OCC(C)NS(=O)(=O)c1nnc(NC(=O)c2cccc(C)c2)s1. The molecule has 2 aromatic carbocycles. The lowest BCUT2D eigenvalue weighted by Crippen LogP contribution is -2.36. The molecule has 1 heterocycles. The van der Waals surface area contributed by atoms with Gasteiger partial charge >= 0.3 is 0 Å². The zero-order valence-electron chi connectivity index (χ0n) is 17.2. The molecular formula is C20H22N4O5S2. The summed E-state index contributed by atoms with van der Waals surface area (Å²) in [6, 6.07) is 13.5. The fourth-order valence-corrected chi connectivity index (χ4v) is 4.77. The van der Waals surface area contributed by atoms with Gasteiger partial charge in [-0.05, 0) is 38.1 Å². The van der Waals surface area contributed by atoms with Gasteiger partial charge < -0.3 is 9.47 Å². The Hall–Kier alpha value is -3.02. The number of methoxy groups -OCH3 is 1. The summed E-state index contributed by atoms with van der Waals surface area (Å²) in [5.74, 6) is 0.666. The molecule has 0 aliphatic rings. The van der Waals surface area contributed by atoms with Crippen LogP contribution >= 0.6 is 11.3 Å². The van der Waals surface area contributed by atoms with Crippen molar-refractivity contribution in [1.82, 2.24) is 14.9 Å². The number of sulfonamides is 1. The summed E-state index contributed by atoms with van der Waals surface area (Å²) >= 11 is 0.764. The van der Waals surface area contributed by atoms with Crippen molar-refractivity contribution in [2.75, 3.05) is 19.0 Å². The molecule has 31 heavy (non-hydrogen) atoms. The lowest BCUT2D eigenvalue weighted by molar-refractivity contribution is 0.102. The van der Waals surface area contributed by atoms with E-state index in [1.807, 2.05) is 19.1 Å². The second-order valence-corrected chi connectivity index (χ2v) is 9.55. The average molecular weight is 463 g/mol. The van der Waals surface area contributed by atoms with Crippen molar-refractivity contribution in [3.8, 4) is 11.5 Å². The number of nitrogens with zero attached hydrogens (tertiary/aromatic N) is 2. The Bertz CT molecular complexity index is 1160. The van der Waals surface area contributed by atoms with Gasteiger partial charge in [0.25, 0.3) is 15.9 Å². The van der Waals surface area contributed by atoms with Crippen LogP contribution in [0, 0.1) is 6.92 Å². The first-order valence-corrected chi connectivity index (χ1v) is 11.6. The van der Waals surface area contributed by atoms with E-state index >= 15 is 0 Å². The van der Waals surface area contributed by atoms with Crippen LogP contribution < -0.4 is 19.5 Å². The van der Waals surface area contributed by atoms with Crippen molar-refractivity contribution in [3.63, 3.8) is 0 Å². The summed E-state index contributed by atoms with van der Waals surface area (Å²) in [6.45, 7) is 3.61. The lowest BCUT2D eigenvalue weighted by atomic mass is 10.1. The summed E-state index contributed by atoms with van der Waals surface area (Å²) in [7, 11) is -2.41. The standard InChI is InChI=1S/C20H22N4O5S2/c1-13-7-6-8-15(11-13)18(25)21-19-22-23-20(30-19)31(26,27)24-14(2)12-29-17-10-5-4-9-16(17)28-3/h4-11,14,24H,12H2,1-3H3,(H,21,22,25). The Morgan fingerprint density at radius 1 is 1.13 bits per heavy atom. The van der Waals surface area contributed by atoms with Crippen LogP contribution in [0.1, 0.15) is 22.8 Å². The number of anilines is 1. The summed E-state index contributed by atoms with van der Waals surface area (Å²) in [6.07, 6.45) is 0. The highest BCUT2D eigenvalue weighted by atomic mass is 32.2. The summed E-state index contributed by atoms with van der Waals surface area (Å²) in [5, 5.41) is 10.1. The molecule has 1 amide bonds. The van der Waals surface area contributed by atoms with Gasteiger partial charge in [0.05, 0.1) is 13.2 Å². The largest absolute Gasteiger partial charge is 0.493 e. The Morgan fingerprint density at radius 3 is 2.58 bits per heavy atom. The molecule has 1 atom stereocenters. The number of aromatic nitrogens is 2. The minimum absolute atomic E-state index is 0.0787. The number of benzene rings is 2. The van der Waals surface area contributed by atoms with Gasteiger partial charge in [0.1, 0.15) is 6.61 Å². The molecule has 164 valence electrons. The molecule has 11 heteroatoms. The number of ether oxygens (including phenoxy) is 2. The molecular weight excluding hydrogens is 440 g/mol. The molecule has 0 aliphatic carbocycles. The van der Waals surface area contributed by atoms with Crippen LogP contribution in [0.4, 0.5) is 5.13 Å². The number of amides is 1. The summed E-state index contributed by atoms with van der Waals surface area (Å²) < 4.78 is 38.3. The maximum Gasteiger partial charge on any atom is 0.270 e. The van der Waals surface area contributed by atoms with Crippen molar-refractivity contribution < 1.29 is 22.7 Å². The molecule has 1 aromatic heterocycles. The van der Waals surface area contributed by atoms with E-state index in [9.17, 15) is 13.2 Å². The van der Waals surface area contributed by atoms with Crippen molar-refractivity contribution in [2.24, 2.45) is 0 Å². The summed E-state index contributed by atoms with van der Waals surface area (Å²) in [4.78, 5) is 12.3. The van der Waals surface area contributed by atoms with Gasteiger partial charge in [-0.15, -0.1) is 10.2 Å². The van der Waals surface area contributed by atoms with Gasteiger partial charge in [0.15, 0.2) is 11.5 Å². The number of nitrogens with one attached hydrogen (secondary N) is 2. The Kier molecular flexibility index (Phi) is 7.21. The predicted molar refractivity (Wildman–Crippen MR) is 117 cm³/mol. The molecule has 0 spiro atoms. The van der Waals surface area contributed by atoms with Crippen LogP contribution in [0.15, 0.2) is 52.9 Å². The molecule has 3 aromatic rings. The minimum atomic E-state index is -3.93. The van der Waals surface area contributed by atoms with Gasteiger partial charge in [0, 0.05) is 5.56 Å². The Balaban J connectivity index is 1.60. The van der Waals surface area contributed by atoms with E-state index in [-0.39, 0.29) is 16.1 Å². The fraction of sp³-hybridized carbons (Fsp3) is 0.250. The normalized spacial score (nSPS) is 12.2. The average Bonchev–Trinajstić information content (AvgIpc) is 3.21. The minimum Gasteiger partial charge on any atom is -0.493 e. The molecule has 0 saturated carbocycles. The first-order chi connectivity index (χ1) is 14.8. The fourth-order valence-electron chi connectivity index (χ4n) is 2.63. The molecule has 1 unspecified atom stereocenters. The number of carbonyl (C=O) groups is 1. The molecule has 0 saturated heterocycles. The third-order valence-corrected chi connectivity index (χ3v) is 6.85. The van der Waals surface area contributed by atoms with Crippen LogP contribution in [0.3, 0.4) is 0 Å². The van der Waals surface area contributed by atoms with E-state index in [0.29, 0.717) is 17.1 Å². The van der Waals surface area contributed by atoms with E-state index in [1.165, 1.54) is 7.11 Å². The second kappa shape index (κ2) is 9.86. The molecule has 9 nitrogen and oxygen atoms in total. The van der Waals surface area contributed by atoms with Crippen LogP contribution in [0.25, 0.3) is 0 Å². The number of hydrogen-bond donors (Lipinski definition) is 2. The van der Waals surface area contributed by atoms with E-state index < -0.39 is 22.0 Å². The smallest absolute Gasteiger partial charge is 0.270 e. The van der Waals surface area contributed by atoms with E-state index in [1.54, 1.807) is 43.3 Å². The molecule has 3 rings (SSSR count). The third-order valence-electron chi connectivity index (χ3n) is 4.05. The van der Waals surface area contributed by atoms with E-state index in [2.05, 4.69) is 20.2 Å². The van der Waals surface area contributed by atoms with Crippen molar-refractivity contribution >= 4 is 32.4 Å². The zero-order chi connectivity index (χ0) is 22.4. The number of rotatable bonds is 9. The van der Waals surface area contributed by atoms with Crippen molar-refractivity contribution in [3.05, 3.63) is 59.7 Å². The topological polar surface area (TPSA) is 120 Å². The van der Waals surface area contributed by atoms with Gasteiger partial charge in [-0.3, -0.25) is 10.1 Å². The molecule has 2 N–H and O–H groups in total. The Morgan fingerprint density at radius 2 is 1.87 bits per heavy atom. The lowest BCUT2D eigenvalue weighted by Gasteiger charge is -2.15. The maximum absolute atomic E-state index is 12.6. The zero-order valence-corrected chi connectivity index (χ0v) is 18.8. The number of aryl methyl sites for hydroxylation is 1. The van der Waals surface area contributed by atoms with Crippen LogP contribution in [-0.2, 0) is 10.0 Å². The number of carbonyl (C=O) groups excluding carboxylic acids is 1. The second-order valence-electron chi connectivity index (χ2n) is 6.68. The highest BCUT2D eigenvalue weighted by Crippen LogP contribution is 2.26. The van der Waals surface area contributed by atoms with Crippen LogP contribution in [0.5, 0.6) is 11.5 Å².